The summed E-state index contributed by atoms with van der Waals surface area (Å²) >= 11 is 0. The van der Waals surface area contributed by atoms with E-state index in [0.717, 1.165) is 38.1 Å². The summed E-state index contributed by atoms with van der Waals surface area (Å²) in [6.45, 7) is 8.11. The standard InChI is InChI=1S/C18H28N2O2S/c1-17(2,3)23(21)20-16-13-6-5-7-15(22-4)14(13)12-18(16)8-10-19-11-9-18/h5-7,16,19-20H,8-12H2,1-4H3. The summed E-state index contributed by atoms with van der Waals surface area (Å²) in [7, 11) is 0.653. The van der Waals surface area contributed by atoms with Crippen LogP contribution in [0.25, 0.3) is 0 Å². The Balaban J connectivity index is 2.00. The van der Waals surface area contributed by atoms with Gasteiger partial charge in [-0.1, -0.05) is 12.1 Å². The van der Waals surface area contributed by atoms with Crippen molar-refractivity contribution in [3.05, 3.63) is 29.3 Å². The van der Waals surface area contributed by atoms with E-state index in [-0.39, 0.29) is 16.2 Å². The number of benzene rings is 1. The lowest BCUT2D eigenvalue weighted by molar-refractivity contribution is 0.164. The van der Waals surface area contributed by atoms with Crippen LogP contribution in [0.15, 0.2) is 18.2 Å². The summed E-state index contributed by atoms with van der Waals surface area (Å²) < 4.78 is 21.6. The van der Waals surface area contributed by atoms with Crippen LogP contribution in [0.5, 0.6) is 5.75 Å². The molecule has 0 radical (unpaired) electrons. The van der Waals surface area contributed by atoms with Gasteiger partial charge in [-0.05, 0) is 75.7 Å². The van der Waals surface area contributed by atoms with E-state index in [1.807, 2.05) is 32.9 Å². The second-order valence-corrected chi connectivity index (χ2v) is 9.75. The van der Waals surface area contributed by atoms with Gasteiger partial charge in [-0.3, -0.25) is 0 Å². The maximum atomic E-state index is 12.8. The quantitative estimate of drug-likeness (QED) is 0.892. The summed E-state index contributed by atoms with van der Waals surface area (Å²) in [5.41, 5.74) is 2.70. The zero-order valence-corrected chi connectivity index (χ0v) is 15.4. The van der Waals surface area contributed by atoms with E-state index in [9.17, 15) is 4.21 Å². The van der Waals surface area contributed by atoms with Gasteiger partial charge in [0.25, 0.3) is 0 Å². The molecule has 23 heavy (non-hydrogen) atoms. The number of piperidine rings is 1. The second-order valence-electron chi connectivity index (χ2n) is 7.75. The highest BCUT2D eigenvalue weighted by atomic mass is 32.2. The molecular weight excluding hydrogens is 308 g/mol. The Hall–Kier alpha value is -0.910. The van der Waals surface area contributed by atoms with Gasteiger partial charge in [0, 0.05) is 0 Å². The predicted molar refractivity (Wildman–Crippen MR) is 95.0 cm³/mol. The molecule has 1 aliphatic heterocycles. The molecule has 1 spiro atoms. The summed E-state index contributed by atoms with van der Waals surface area (Å²) in [6.07, 6.45) is 3.21. The van der Waals surface area contributed by atoms with Crippen LogP contribution in [0, 0.1) is 5.41 Å². The predicted octanol–water partition coefficient (Wildman–Crippen LogP) is 2.71. The molecule has 5 heteroatoms. The van der Waals surface area contributed by atoms with Crippen LogP contribution in [0.2, 0.25) is 0 Å². The third-order valence-corrected chi connectivity index (χ3v) is 6.78. The molecular formula is C18H28N2O2S. The van der Waals surface area contributed by atoms with Gasteiger partial charge >= 0.3 is 0 Å². The van der Waals surface area contributed by atoms with Crippen LogP contribution >= 0.6 is 0 Å². The van der Waals surface area contributed by atoms with E-state index in [1.54, 1.807) is 7.11 Å². The molecule has 1 saturated heterocycles. The topological polar surface area (TPSA) is 50.4 Å². The molecule has 1 aromatic carbocycles. The summed E-state index contributed by atoms with van der Waals surface area (Å²) in [5, 5.41) is 3.46. The lowest BCUT2D eigenvalue weighted by Crippen LogP contribution is -2.46. The molecule has 2 atom stereocenters. The van der Waals surface area contributed by atoms with Gasteiger partial charge in [-0.25, -0.2) is 8.93 Å². The monoisotopic (exact) mass is 336 g/mol. The molecule has 4 nitrogen and oxygen atoms in total. The average molecular weight is 337 g/mol. The maximum Gasteiger partial charge on any atom is 0.122 e. The lowest BCUT2D eigenvalue weighted by Gasteiger charge is -2.40. The Kier molecular flexibility index (Phi) is 4.55. The van der Waals surface area contributed by atoms with Crippen LogP contribution in [0.3, 0.4) is 0 Å². The highest BCUT2D eigenvalue weighted by Gasteiger charge is 2.48. The van der Waals surface area contributed by atoms with E-state index >= 15 is 0 Å². The second kappa shape index (κ2) is 6.19. The van der Waals surface area contributed by atoms with Gasteiger partial charge in [0.05, 0.1) is 28.9 Å². The third-order valence-electron chi connectivity index (χ3n) is 5.22. The van der Waals surface area contributed by atoms with Crippen molar-refractivity contribution in [3.63, 3.8) is 0 Å². The van der Waals surface area contributed by atoms with Crippen LogP contribution in [-0.4, -0.2) is 29.2 Å². The molecule has 0 aromatic heterocycles. The fourth-order valence-electron chi connectivity index (χ4n) is 3.88. The molecule has 1 aliphatic carbocycles. The van der Waals surface area contributed by atoms with Crippen molar-refractivity contribution in [2.75, 3.05) is 20.2 Å². The Labute approximate surface area is 142 Å². The van der Waals surface area contributed by atoms with Gasteiger partial charge in [0.2, 0.25) is 0 Å². The largest absolute Gasteiger partial charge is 0.496 e. The normalized spacial score (nSPS) is 24.4. The van der Waals surface area contributed by atoms with Crippen molar-refractivity contribution in [3.8, 4) is 5.75 Å². The number of ether oxygens (including phenoxy) is 1. The van der Waals surface area contributed by atoms with Crippen molar-refractivity contribution < 1.29 is 8.95 Å². The first-order chi connectivity index (χ1) is 10.9. The van der Waals surface area contributed by atoms with Gasteiger partial charge in [-0.2, -0.15) is 0 Å². The van der Waals surface area contributed by atoms with Crippen LogP contribution in [0.4, 0.5) is 0 Å². The summed E-state index contributed by atoms with van der Waals surface area (Å²) in [5.74, 6) is 0.964. The van der Waals surface area contributed by atoms with E-state index < -0.39 is 11.0 Å². The third kappa shape index (κ3) is 3.06. The molecule has 0 amide bonds. The molecule has 2 N–H and O–H groups in total. The van der Waals surface area contributed by atoms with E-state index in [4.69, 9.17) is 4.74 Å². The first-order valence-corrected chi connectivity index (χ1v) is 9.57. The molecule has 0 saturated carbocycles. The number of hydrogen-bond donors (Lipinski definition) is 2. The molecule has 128 valence electrons. The fraction of sp³-hybridized carbons (Fsp3) is 0.667. The van der Waals surface area contributed by atoms with Gasteiger partial charge in [-0.15, -0.1) is 0 Å². The minimum atomic E-state index is -1.08. The lowest BCUT2D eigenvalue weighted by atomic mass is 9.73. The molecule has 3 rings (SSSR count). The van der Waals surface area contributed by atoms with Gasteiger partial charge in [0.1, 0.15) is 5.75 Å². The van der Waals surface area contributed by atoms with Crippen LogP contribution in [0.1, 0.15) is 50.8 Å². The van der Waals surface area contributed by atoms with Gasteiger partial charge in [0.15, 0.2) is 0 Å². The molecule has 0 bridgehead atoms. The van der Waals surface area contributed by atoms with E-state index in [2.05, 4.69) is 16.1 Å². The highest BCUT2D eigenvalue weighted by molar-refractivity contribution is 7.84. The van der Waals surface area contributed by atoms with Crippen molar-refractivity contribution in [1.29, 1.82) is 0 Å². The first kappa shape index (κ1) is 16.9. The minimum absolute atomic E-state index is 0.134. The average Bonchev–Trinajstić information content (AvgIpc) is 2.80. The Morgan fingerprint density at radius 2 is 2.00 bits per heavy atom. The molecule has 1 aromatic rings. The molecule has 2 aliphatic rings. The summed E-state index contributed by atoms with van der Waals surface area (Å²) in [6, 6.07) is 6.39. The number of fused-ring (bicyclic) bond motifs is 1. The Morgan fingerprint density at radius 1 is 1.30 bits per heavy atom. The molecule has 1 fully saturated rings. The zero-order chi connectivity index (χ0) is 16.7. The number of nitrogens with one attached hydrogen (secondary N) is 2. The SMILES string of the molecule is COc1cccc2c1CC1(CCNCC1)C2NS(=O)C(C)(C)C. The highest BCUT2D eigenvalue weighted by Crippen LogP contribution is 2.53. The molecule has 1 heterocycles. The fourth-order valence-corrected chi connectivity index (χ4v) is 4.82. The maximum absolute atomic E-state index is 12.8. The van der Waals surface area contributed by atoms with Crippen LogP contribution < -0.4 is 14.8 Å². The number of hydrogen-bond acceptors (Lipinski definition) is 3. The number of rotatable bonds is 3. The van der Waals surface area contributed by atoms with E-state index in [1.165, 1.54) is 11.1 Å². The first-order valence-electron chi connectivity index (χ1n) is 8.42. The van der Waals surface area contributed by atoms with Crippen LogP contribution in [-0.2, 0) is 17.4 Å². The minimum Gasteiger partial charge on any atom is -0.496 e. The van der Waals surface area contributed by atoms with E-state index in [0.29, 0.717) is 0 Å². The summed E-state index contributed by atoms with van der Waals surface area (Å²) in [4.78, 5) is 0. The molecule has 2 unspecified atom stereocenters. The zero-order valence-electron chi connectivity index (χ0n) is 14.6. The smallest absolute Gasteiger partial charge is 0.122 e. The van der Waals surface area contributed by atoms with Crippen molar-refractivity contribution in [1.82, 2.24) is 10.0 Å². The Bertz CT molecular complexity index is 604. The van der Waals surface area contributed by atoms with Gasteiger partial charge < -0.3 is 10.1 Å². The van der Waals surface area contributed by atoms with Crippen molar-refractivity contribution in [2.45, 2.75) is 50.8 Å². The number of methoxy groups -OCH3 is 1. The Morgan fingerprint density at radius 3 is 2.61 bits per heavy atom. The van der Waals surface area contributed by atoms with Crippen molar-refractivity contribution >= 4 is 11.0 Å². The van der Waals surface area contributed by atoms with Crippen molar-refractivity contribution in [2.24, 2.45) is 5.41 Å².